The number of alkyl halides is 3. The highest BCUT2D eigenvalue weighted by Crippen LogP contribution is 2.42. The fourth-order valence-corrected chi connectivity index (χ4v) is 2.11. The standard InChI is InChI=1S/C12H13F3N2O/c1-3-17-9-6-4-5-8(12(13,14)15)10(9)16-7(2)11(17)18/h4-7,16H,3H2,1-2H3. The zero-order valence-corrected chi connectivity index (χ0v) is 10.0. The van der Waals surface area contributed by atoms with Crippen molar-refractivity contribution in [1.29, 1.82) is 0 Å². The normalized spacial score (nSPS) is 19.5. The average Bonchev–Trinajstić information content (AvgIpc) is 2.29. The molecule has 0 saturated carbocycles. The Kier molecular flexibility index (Phi) is 2.96. The number of fused-ring (bicyclic) bond motifs is 1. The Balaban J connectivity index is 2.60. The molecule has 1 unspecified atom stereocenters. The summed E-state index contributed by atoms with van der Waals surface area (Å²) in [5, 5.41) is 2.64. The molecule has 0 saturated heterocycles. The predicted octanol–water partition coefficient (Wildman–Crippen LogP) is 2.87. The third kappa shape index (κ3) is 1.91. The molecule has 3 nitrogen and oxygen atoms in total. The topological polar surface area (TPSA) is 32.3 Å². The van der Waals surface area contributed by atoms with Crippen LogP contribution in [0.25, 0.3) is 0 Å². The SMILES string of the molecule is CCN1C(=O)C(C)Nc2c1cccc2C(F)(F)F. The summed E-state index contributed by atoms with van der Waals surface area (Å²) < 4.78 is 38.7. The van der Waals surface area contributed by atoms with Crippen molar-refractivity contribution in [3.63, 3.8) is 0 Å². The molecule has 98 valence electrons. The highest BCUT2D eigenvalue weighted by atomic mass is 19.4. The van der Waals surface area contributed by atoms with Gasteiger partial charge in [0.15, 0.2) is 0 Å². The fourth-order valence-electron chi connectivity index (χ4n) is 2.11. The van der Waals surface area contributed by atoms with Gasteiger partial charge in [-0.3, -0.25) is 4.79 Å². The summed E-state index contributed by atoms with van der Waals surface area (Å²) in [5.74, 6) is -0.218. The summed E-state index contributed by atoms with van der Waals surface area (Å²) >= 11 is 0. The maximum Gasteiger partial charge on any atom is 0.418 e. The number of benzene rings is 1. The zero-order chi connectivity index (χ0) is 13.5. The van der Waals surface area contributed by atoms with Crippen LogP contribution in [-0.4, -0.2) is 18.5 Å². The van der Waals surface area contributed by atoms with Crippen LogP contribution in [0.15, 0.2) is 18.2 Å². The Morgan fingerprint density at radius 1 is 1.39 bits per heavy atom. The van der Waals surface area contributed by atoms with Crippen LogP contribution in [0.2, 0.25) is 0 Å². The van der Waals surface area contributed by atoms with E-state index >= 15 is 0 Å². The molecule has 1 aliphatic rings. The number of hydrogen-bond donors (Lipinski definition) is 1. The number of anilines is 2. The number of rotatable bonds is 1. The summed E-state index contributed by atoms with van der Waals surface area (Å²) in [4.78, 5) is 13.2. The second-order valence-electron chi connectivity index (χ2n) is 4.15. The van der Waals surface area contributed by atoms with Gasteiger partial charge in [0.2, 0.25) is 5.91 Å². The van der Waals surface area contributed by atoms with Gasteiger partial charge >= 0.3 is 6.18 Å². The number of likely N-dealkylation sites (N-methyl/N-ethyl adjacent to an activating group) is 1. The first-order valence-electron chi connectivity index (χ1n) is 5.64. The van der Waals surface area contributed by atoms with Gasteiger partial charge in [0.1, 0.15) is 6.04 Å². The first-order chi connectivity index (χ1) is 8.36. The second-order valence-corrected chi connectivity index (χ2v) is 4.15. The third-order valence-electron chi connectivity index (χ3n) is 2.95. The Morgan fingerprint density at radius 2 is 2.06 bits per heavy atom. The van der Waals surface area contributed by atoms with Crippen molar-refractivity contribution in [2.45, 2.75) is 26.1 Å². The van der Waals surface area contributed by atoms with Crippen LogP contribution < -0.4 is 10.2 Å². The number of para-hydroxylation sites is 1. The van der Waals surface area contributed by atoms with Crippen molar-refractivity contribution in [2.24, 2.45) is 0 Å². The number of amides is 1. The van der Waals surface area contributed by atoms with Gasteiger partial charge in [0, 0.05) is 6.54 Å². The van der Waals surface area contributed by atoms with E-state index < -0.39 is 17.8 Å². The zero-order valence-electron chi connectivity index (χ0n) is 10.0. The number of carbonyl (C=O) groups is 1. The van der Waals surface area contributed by atoms with Crippen molar-refractivity contribution < 1.29 is 18.0 Å². The number of carbonyl (C=O) groups excluding carboxylic acids is 1. The van der Waals surface area contributed by atoms with Crippen LogP contribution in [0.3, 0.4) is 0 Å². The van der Waals surface area contributed by atoms with E-state index in [1.165, 1.54) is 17.0 Å². The molecule has 0 spiro atoms. The van der Waals surface area contributed by atoms with E-state index in [1.807, 2.05) is 0 Å². The molecule has 1 amide bonds. The molecule has 1 N–H and O–H groups in total. The van der Waals surface area contributed by atoms with Gasteiger partial charge in [-0.15, -0.1) is 0 Å². The second kappa shape index (κ2) is 4.19. The molecular formula is C12H13F3N2O. The molecule has 0 bridgehead atoms. The quantitative estimate of drug-likeness (QED) is 0.840. The van der Waals surface area contributed by atoms with E-state index in [4.69, 9.17) is 0 Å². The molecular weight excluding hydrogens is 245 g/mol. The minimum atomic E-state index is -4.43. The molecule has 1 atom stereocenters. The number of nitrogens with zero attached hydrogens (tertiary/aromatic N) is 1. The van der Waals surface area contributed by atoms with Gasteiger partial charge in [-0.25, -0.2) is 0 Å². The molecule has 1 aromatic carbocycles. The van der Waals surface area contributed by atoms with Gasteiger partial charge in [-0.2, -0.15) is 13.2 Å². The number of hydrogen-bond acceptors (Lipinski definition) is 2. The molecule has 1 heterocycles. The molecule has 0 aromatic heterocycles. The van der Waals surface area contributed by atoms with E-state index in [0.717, 1.165) is 6.07 Å². The Hall–Kier alpha value is -1.72. The summed E-state index contributed by atoms with van der Waals surface area (Å²) in [7, 11) is 0. The van der Waals surface area contributed by atoms with Gasteiger partial charge < -0.3 is 10.2 Å². The van der Waals surface area contributed by atoms with Crippen molar-refractivity contribution in [2.75, 3.05) is 16.8 Å². The van der Waals surface area contributed by atoms with Crippen molar-refractivity contribution in [1.82, 2.24) is 0 Å². The Labute approximate surface area is 103 Å². The Morgan fingerprint density at radius 3 is 2.61 bits per heavy atom. The lowest BCUT2D eigenvalue weighted by Crippen LogP contribution is -2.46. The molecule has 0 aliphatic carbocycles. The summed E-state index contributed by atoms with van der Waals surface area (Å²) in [6.07, 6.45) is -4.43. The summed E-state index contributed by atoms with van der Waals surface area (Å²) in [5.41, 5.74) is -0.466. The molecule has 18 heavy (non-hydrogen) atoms. The van der Waals surface area contributed by atoms with Crippen molar-refractivity contribution >= 4 is 17.3 Å². The highest BCUT2D eigenvalue weighted by molar-refractivity contribution is 6.05. The van der Waals surface area contributed by atoms with Crippen LogP contribution in [-0.2, 0) is 11.0 Å². The molecule has 2 rings (SSSR count). The van der Waals surface area contributed by atoms with E-state index in [1.54, 1.807) is 13.8 Å². The van der Waals surface area contributed by atoms with Gasteiger partial charge in [0.05, 0.1) is 16.9 Å². The number of nitrogens with one attached hydrogen (secondary N) is 1. The lowest BCUT2D eigenvalue weighted by Gasteiger charge is -2.34. The largest absolute Gasteiger partial charge is 0.418 e. The van der Waals surface area contributed by atoms with Crippen LogP contribution in [0.5, 0.6) is 0 Å². The van der Waals surface area contributed by atoms with Gasteiger partial charge in [-0.05, 0) is 26.0 Å². The van der Waals surface area contributed by atoms with Crippen LogP contribution in [0.1, 0.15) is 19.4 Å². The number of halogens is 3. The molecule has 0 radical (unpaired) electrons. The minimum absolute atomic E-state index is 0.0149. The first-order valence-corrected chi connectivity index (χ1v) is 5.64. The maximum absolute atomic E-state index is 12.9. The van der Waals surface area contributed by atoms with E-state index in [2.05, 4.69) is 5.32 Å². The maximum atomic E-state index is 12.9. The molecule has 1 aliphatic heterocycles. The minimum Gasteiger partial charge on any atom is -0.372 e. The van der Waals surface area contributed by atoms with E-state index in [9.17, 15) is 18.0 Å². The molecule has 6 heteroatoms. The van der Waals surface area contributed by atoms with Gasteiger partial charge in [0.25, 0.3) is 0 Å². The fraction of sp³-hybridized carbons (Fsp3) is 0.417. The predicted molar refractivity (Wildman–Crippen MR) is 62.6 cm³/mol. The lowest BCUT2D eigenvalue weighted by molar-refractivity contribution is -0.137. The van der Waals surface area contributed by atoms with Crippen molar-refractivity contribution in [3.8, 4) is 0 Å². The van der Waals surface area contributed by atoms with Crippen LogP contribution in [0, 0.1) is 0 Å². The van der Waals surface area contributed by atoms with E-state index in [-0.39, 0.29) is 17.3 Å². The van der Waals surface area contributed by atoms with Crippen LogP contribution in [0.4, 0.5) is 24.5 Å². The average molecular weight is 258 g/mol. The Bertz CT molecular complexity index is 485. The third-order valence-corrected chi connectivity index (χ3v) is 2.95. The smallest absolute Gasteiger partial charge is 0.372 e. The molecule has 1 aromatic rings. The molecule has 0 fully saturated rings. The highest BCUT2D eigenvalue weighted by Gasteiger charge is 2.38. The lowest BCUT2D eigenvalue weighted by atomic mass is 10.0. The van der Waals surface area contributed by atoms with E-state index in [0.29, 0.717) is 6.54 Å². The first kappa shape index (κ1) is 12.7. The summed E-state index contributed by atoms with van der Waals surface area (Å²) in [6.45, 7) is 3.64. The van der Waals surface area contributed by atoms with Gasteiger partial charge in [-0.1, -0.05) is 6.07 Å². The monoisotopic (exact) mass is 258 g/mol. The summed E-state index contributed by atoms with van der Waals surface area (Å²) in [6, 6.07) is 3.20. The van der Waals surface area contributed by atoms with Crippen molar-refractivity contribution in [3.05, 3.63) is 23.8 Å². The van der Waals surface area contributed by atoms with Crippen LogP contribution >= 0.6 is 0 Å².